The van der Waals surface area contributed by atoms with Crippen LogP contribution >= 0.6 is 11.3 Å². The summed E-state index contributed by atoms with van der Waals surface area (Å²) in [6.07, 6.45) is 0.371. The van der Waals surface area contributed by atoms with Crippen LogP contribution in [0, 0.1) is 0 Å². The Morgan fingerprint density at radius 1 is 1.25 bits per heavy atom. The Labute approximate surface area is 97.9 Å². The molecule has 0 aliphatic rings. The van der Waals surface area contributed by atoms with Gasteiger partial charge in [-0.2, -0.15) is 0 Å². The van der Waals surface area contributed by atoms with Crippen LogP contribution < -0.4 is 11.1 Å². The van der Waals surface area contributed by atoms with Crippen molar-refractivity contribution >= 4 is 28.6 Å². The highest BCUT2D eigenvalue weighted by Gasteiger charge is 2.06. The standard InChI is InChI=1S/C12H12N2OS/c13-10-7-16-8-11(10)14-12(15)6-9-4-2-1-3-5-9/h1-5,7-8H,6,13H2,(H,14,15). The number of carbonyl (C=O) groups is 1. The number of nitrogens with two attached hydrogens (primary N) is 1. The highest BCUT2D eigenvalue weighted by atomic mass is 32.1. The van der Waals surface area contributed by atoms with Crippen LogP contribution in [0.5, 0.6) is 0 Å². The van der Waals surface area contributed by atoms with Gasteiger partial charge in [-0.1, -0.05) is 30.3 Å². The van der Waals surface area contributed by atoms with Crippen molar-refractivity contribution in [1.82, 2.24) is 0 Å². The zero-order valence-corrected chi connectivity index (χ0v) is 9.46. The van der Waals surface area contributed by atoms with E-state index >= 15 is 0 Å². The number of thiophene rings is 1. The number of amides is 1. The monoisotopic (exact) mass is 232 g/mol. The second-order valence-electron chi connectivity index (χ2n) is 3.45. The molecule has 0 saturated heterocycles. The molecule has 1 aromatic carbocycles. The fourth-order valence-electron chi connectivity index (χ4n) is 1.38. The van der Waals surface area contributed by atoms with E-state index in [1.165, 1.54) is 11.3 Å². The van der Waals surface area contributed by atoms with E-state index in [2.05, 4.69) is 5.32 Å². The molecule has 0 unspecified atom stereocenters. The third-order valence-electron chi connectivity index (χ3n) is 2.17. The predicted molar refractivity (Wildman–Crippen MR) is 67.5 cm³/mol. The number of hydrogen-bond acceptors (Lipinski definition) is 3. The van der Waals surface area contributed by atoms with Gasteiger partial charge in [0.25, 0.3) is 0 Å². The third-order valence-corrected chi connectivity index (χ3v) is 2.94. The van der Waals surface area contributed by atoms with Crippen LogP contribution in [0.2, 0.25) is 0 Å². The molecule has 16 heavy (non-hydrogen) atoms. The highest BCUT2D eigenvalue weighted by Crippen LogP contribution is 2.22. The maximum Gasteiger partial charge on any atom is 0.228 e. The van der Waals surface area contributed by atoms with Gasteiger partial charge in [-0.25, -0.2) is 0 Å². The molecule has 0 bridgehead atoms. The highest BCUT2D eigenvalue weighted by molar-refractivity contribution is 7.09. The lowest BCUT2D eigenvalue weighted by atomic mass is 10.1. The molecule has 0 aliphatic heterocycles. The van der Waals surface area contributed by atoms with Gasteiger partial charge in [-0.15, -0.1) is 11.3 Å². The molecule has 82 valence electrons. The summed E-state index contributed by atoms with van der Waals surface area (Å²) in [5.41, 5.74) is 7.99. The molecule has 1 aromatic heterocycles. The van der Waals surface area contributed by atoms with Gasteiger partial charge in [0.1, 0.15) is 0 Å². The summed E-state index contributed by atoms with van der Waals surface area (Å²) in [6.45, 7) is 0. The second kappa shape index (κ2) is 4.81. The molecule has 3 nitrogen and oxygen atoms in total. The average Bonchev–Trinajstić information content (AvgIpc) is 2.66. The molecule has 0 aliphatic carbocycles. The quantitative estimate of drug-likeness (QED) is 0.854. The normalized spacial score (nSPS) is 10.0. The van der Waals surface area contributed by atoms with Crippen molar-refractivity contribution in [3.63, 3.8) is 0 Å². The molecule has 0 atom stereocenters. The Hall–Kier alpha value is -1.81. The Kier molecular flexibility index (Phi) is 3.22. The Morgan fingerprint density at radius 2 is 2.00 bits per heavy atom. The lowest BCUT2D eigenvalue weighted by Crippen LogP contribution is -2.14. The first-order chi connectivity index (χ1) is 7.75. The largest absolute Gasteiger partial charge is 0.396 e. The van der Waals surface area contributed by atoms with Gasteiger partial charge < -0.3 is 11.1 Å². The van der Waals surface area contributed by atoms with Crippen LogP contribution in [0.25, 0.3) is 0 Å². The first-order valence-electron chi connectivity index (χ1n) is 4.91. The summed E-state index contributed by atoms with van der Waals surface area (Å²) in [5, 5.41) is 6.42. The fraction of sp³-hybridized carbons (Fsp3) is 0.0833. The summed E-state index contributed by atoms with van der Waals surface area (Å²) in [6, 6.07) is 9.62. The number of rotatable bonds is 3. The number of nitrogens with one attached hydrogen (secondary N) is 1. The maximum absolute atomic E-state index is 11.7. The van der Waals surface area contributed by atoms with Crippen molar-refractivity contribution in [3.8, 4) is 0 Å². The van der Waals surface area contributed by atoms with Crippen LogP contribution in [-0.4, -0.2) is 5.91 Å². The van der Waals surface area contributed by atoms with Crippen molar-refractivity contribution in [2.24, 2.45) is 0 Å². The third kappa shape index (κ3) is 2.61. The van der Waals surface area contributed by atoms with Crippen molar-refractivity contribution in [1.29, 1.82) is 0 Å². The van der Waals surface area contributed by atoms with Crippen molar-refractivity contribution in [2.45, 2.75) is 6.42 Å². The second-order valence-corrected chi connectivity index (χ2v) is 4.19. The van der Waals surface area contributed by atoms with E-state index in [4.69, 9.17) is 5.73 Å². The first kappa shape index (κ1) is 10.7. The number of nitrogen functional groups attached to an aromatic ring is 1. The molecule has 2 aromatic rings. The minimum absolute atomic E-state index is 0.0451. The van der Waals surface area contributed by atoms with Gasteiger partial charge in [0.05, 0.1) is 17.8 Å². The van der Waals surface area contributed by atoms with E-state index < -0.39 is 0 Å². The summed E-state index contributed by atoms with van der Waals surface area (Å²) in [7, 11) is 0. The number of anilines is 2. The molecule has 0 saturated carbocycles. The smallest absolute Gasteiger partial charge is 0.228 e. The Morgan fingerprint density at radius 3 is 2.62 bits per heavy atom. The molecule has 1 heterocycles. The van der Waals surface area contributed by atoms with E-state index in [1.54, 1.807) is 5.38 Å². The number of carbonyl (C=O) groups excluding carboxylic acids is 1. The van der Waals surface area contributed by atoms with Gasteiger partial charge in [0.15, 0.2) is 0 Å². The van der Waals surface area contributed by atoms with Crippen LogP contribution in [0.3, 0.4) is 0 Å². The summed E-state index contributed by atoms with van der Waals surface area (Å²) >= 11 is 1.47. The van der Waals surface area contributed by atoms with Crippen LogP contribution in [0.1, 0.15) is 5.56 Å². The molecule has 3 N–H and O–H groups in total. The van der Waals surface area contributed by atoms with E-state index in [0.29, 0.717) is 17.8 Å². The molecular weight excluding hydrogens is 220 g/mol. The number of benzene rings is 1. The summed E-state index contributed by atoms with van der Waals surface area (Å²) in [5.74, 6) is -0.0451. The molecule has 4 heteroatoms. The van der Waals surface area contributed by atoms with Gasteiger partial charge >= 0.3 is 0 Å². The summed E-state index contributed by atoms with van der Waals surface area (Å²) in [4.78, 5) is 11.7. The Bertz CT molecular complexity index is 479. The summed E-state index contributed by atoms with van der Waals surface area (Å²) < 4.78 is 0. The first-order valence-corrected chi connectivity index (χ1v) is 5.85. The van der Waals surface area contributed by atoms with E-state index in [9.17, 15) is 4.79 Å². The van der Waals surface area contributed by atoms with Gasteiger partial charge in [-0.05, 0) is 5.56 Å². The molecule has 1 amide bonds. The molecule has 0 fully saturated rings. The lowest BCUT2D eigenvalue weighted by molar-refractivity contribution is -0.115. The minimum atomic E-state index is -0.0451. The minimum Gasteiger partial charge on any atom is -0.396 e. The van der Waals surface area contributed by atoms with E-state index in [1.807, 2.05) is 35.7 Å². The van der Waals surface area contributed by atoms with Crippen molar-refractivity contribution in [3.05, 3.63) is 46.7 Å². The van der Waals surface area contributed by atoms with Crippen molar-refractivity contribution < 1.29 is 4.79 Å². The molecule has 0 spiro atoms. The van der Waals surface area contributed by atoms with Crippen LogP contribution in [0.4, 0.5) is 11.4 Å². The average molecular weight is 232 g/mol. The van der Waals surface area contributed by atoms with Gasteiger partial charge in [-0.3, -0.25) is 4.79 Å². The SMILES string of the molecule is Nc1cscc1NC(=O)Cc1ccccc1. The lowest BCUT2D eigenvalue weighted by Gasteiger charge is -2.04. The fourth-order valence-corrected chi connectivity index (χ4v) is 2.06. The predicted octanol–water partition coefficient (Wildman–Crippen LogP) is 2.51. The van der Waals surface area contributed by atoms with Gasteiger partial charge in [0, 0.05) is 10.8 Å². The molecular formula is C12H12N2OS. The van der Waals surface area contributed by atoms with E-state index in [-0.39, 0.29) is 5.91 Å². The Balaban J connectivity index is 1.98. The van der Waals surface area contributed by atoms with Crippen LogP contribution in [-0.2, 0) is 11.2 Å². The zero-order chi connectivity index (χ0) is 11.4. The van der Waals surface area contributed by atoms with Crippen LogP contribution in [0.15, 0.2) is 41.1 Å². The van der Waals surface area contributed by atoms with Gasteiger partial charge in [0.2, 0.25) is 5.91 Å². The topological polar surface area (TPSA) is 55.1 Å². The molecule has 2 rings (SSSR count). The maximum atomic E-state index is 11.7. The zero-order valence-electron chi connectivity index (χ0n) is 8.64. The molecule has 0 radical (unpaired) electrons. The van der Waals surface area contributed by atoms with Crippen molar-refractivity contribution in [2.75, 3.05) is 11.1 Å². The number of hydrogen-bond donors (Lipinski definition) is 2. The van der Waals surface area contributed by atoms with E-state index in [0.717, 1.165) is 5.56 Å².